The molecule has 4 aromatic rings. The molecule has 0 radical (unpaired) electrons. The molecule has 0 fully saturated rings. The SMILES string of the molecule is COc1ccccc1Oc1c(OCCOC(=O)OCCOCCON(O)O)nc(-c2ncccn2)nc1N(C(C)OC(=O)OCCOCCON(O)O)S(=O)(=O)c1ccc(C(C)(C)COC(=O)OCCO)cc1. The number of methoxy groups -OCH3 is 1. The minimum atomic E-state index is -4.98. The number of aromatic nitrogens is 4. The van der Waals surface area contributed by atoms with Crippen molar-refractivity contribution in [3.8, 4) is 34.8 Å². The van der Waals surface area contributed by atoms with Crippen LogP contribution in [0.25, 0.3) is 11.6 Å². The first-order valence-corrected chi connectivity index (χ1v) is 23.0. The lowest BCUT2D eigenvalue weighted by atomic mass is 9.86. The fourth-order valence-electron chi connectivity index (χ4n) is 5.70. The Hall–Kier alpha value is -6.88. The summed E-state index contributed by atoms with van der Waals surface area (Å²) >= 11 is 0. The van der Waals surface area contributed by atoms with Gasteiger partial charge in [-0.1, -0.05) is 38.1 Å². The summed E-state index contributed by atoms with van der Waals surface area (Å²) in [5.41, 5.74) is -0.407. The molecular weight excluding hydrogens is 1000 g/mol. The van der Waals surface area contributed by atoms with Gasteiger partial charge in [-0.2, -0.15) is 4.98 Å². The summed E-state index contributed by atoms with van der Waals surface area (Å²) in [4.78, 5) is 63.5. The smallest absolute Gasteiger partial charge is 0.493 e. The van der Waals surface area contributed by atoms with Crippen LogP contribution in [-0.2, 0) is 63.0 Å². The number of hydrogen-bond donors (Lipinski definition) is 5. The van der Waals surface area contributed by atoms with Gasteiger partial charge in [0.15, 0.2) is 29.4 Å². The summed E-state index contributed by atoms with van der Waals surface area (Å²) in [5.74, 6) is -1.99. The fourth-order valence-corrected chi connectivity index (χ4v) is 7.20. The number of aliphatic hydroxyl groups is 1. The number of benzene rings is 2. The Balaban J connectivity index is 1.78. The second-order valence-corrected chi connectivity index (χ2v) is 16.5. The number of ether oxygens (including phenoxy) is 11. The zero-order valence-corrected chi connectivity index (χ0v) is 40.6. The predicted molar refractivity (Wildman–Crippen MR) is 239 cm³/mol. The van der Waals surface area contributed by atoms with Crippen LogP contribution >= 0.6 is 0 Å². The van der Waals surface area contributed by atoms with Gasteiger partial charge in [0.05, 0.1) is 69.0 Å². The minimum absolute atomic E-state index is 0.0162. The van der Waals surface area contributed by atoms with E-state index < -0.39 is 99.7 Å². The van der Waals surface area contributed by atoms with Crippen molar-refractivity contribution in [3.05, 3.63) is 72.6 Å². The van der Waals surface area contributed by atoms with Gasteiger partial charge in [-0.3, -0.25) is 20.8 Å². The van der Waals surface area contributed by atoms with E-state index in [9.17, 15) is 14.4 Å². The van der Waals surface area contributed by atoms with Gasteiger partial charge in [0.2, 0.25) is 11.6 Å². The topological polar surface area (TPSA) is 368 Å². The van der Waals surface area contributed by atoms with Crippen molar-refractivity contribution in [2.75, 3.05) is 97.3 Å². The lowest BCUT2D eigenvalue weighted by Crippen LogP contribution is -2.42. The van der Waals surface area contributed by atoms with E-state index in [1.54, 1.807) is 26.0 Å². The highest BCUT2D eigenvalue weighted by Crippen LogP contribution is 2.44. The standard InChI is InChI=1S/C42H55N7O23S/c1-29(71-41(53)67-23-19-62-21-27-70-49(56)57)47(73(58,59)31-12-10-30(11-13-31)42(2,3)28-68-40(52)64-17-16-50)37-34(72-33-9-6-5-8-32(33)60-4)38(46-36(45-37)35-43-14-7-15-44-35)63-24-25-66-39(51)65-22-18-61-20-26-69-48(54)55/h5-15,29,50,54-57H,16-28H2,1-4H3. The number of hydrogen-bond acceptors (Lipinski definition) is 29. The van der Waals surface area contributed by atoms with Gasteiger partial charge < -0.3 is 57.2 Å². The summed E-state index contributed by atoms with van der Waals surface area (Å²) in [5, 5.41) is 42.5. The molecule has 0 saturated heterocycles. The Morgan fingerprint density at radius 3 is 1.79 bits per heavy atom. The van der Waals surface area contributed by atoms with Crippen molar-refractivity contribution < 1.29 is 111 Å². The Bertz CT molecular complexity index is 2420. The molecule has 2 aromatic carbocycles. The van der Waals surface area contributed by atoms with Crippen LogP contribution in [0.2, 0.25) is 0 Å². The van der Waals surface area contributed by atoms with E-state index in [4.69, 9.17) is 78.0 Å². The number of sulfonamides is 1. The third kappa shape index (κ3) is 19.6. The highest BCUT2D eigenvalue weighted by molar-refractivity contribution is 7.92. The third-order valence-electron chi connectivity index (χ3n) is 9.03. The molecule has 2 aromatic heterocycles. The molecule has 0 aliphatic rings. The molecule has 0 aliphatic carbocycles. The molecule has 0 aliphatic heterocycles. The van der Waals surface area contributed by atoms with Crippen LogP contribution in [0.4, 0.5) is 20.2 Å². The van der Waals surface area contributed by atoms with Crippen LogP contribution in [0.3, 0.4) is 0 Å². The minimum Gasteiger partial charge on any atom is -0.493 e. The molecule has 4 rings (SSSR count). The first-order chi connectivity index (χ1) is 35.0. The molecule has 5 N–H and O–H groups in total. The molecule has 0 spiro atoms. The van der Waals surface area contributed by atoms with Crippen molar-refractivity contribution in [2.45, 2.75) is 37.3 Å². The van der Waals surface area contributed by atoms with Gasteiger partial charge in [0.1, 0.15) is 39.6 Å². The summed E-state index contributed by atoms with van der Waals surface area (Å²) in [7, 11) is -3.63. The Kier molecular flexibility index (Phi) is 24.3. The van der Waals surface area contributed by atoms with Crippen LogP contribution in [0.15, 0.2) is 71.9 Å². The Labute approximate surface area is 416 Å². The number of nitrogens with zero attached hydrogens (tertiary/aromatic N) is 7. The monoisotopic (exact) mass is 1060 g/mol. The van der Waals surface area contributed by atoms with E-state index in [2.05, 4.69) is 29.6 Å². The molecule has 1 atom stereocenters. The van der Waals surface area contributed by atoms with Crippen LogP contribution in [0.1, 0.15) is 26.3 Å². The number of para-hydroxylation sites is 2. The fraction of sp³-hybridized carbons (Fsp3) is 0.452. The molecule has 0 amide bonds. The average Bonchev–Trinajstić information content (AvgIpc) is 3.36. The first kappa shape index (κ1) is 58.7. The number of anilines is 1. The number of rotatable bonds is 32. The highest BCUT2D eigenvalue weighted by atomic mass is 32.2. The lowest BCUT2D eigenvalue weighted by molar-refractivity contribution is -0.493. The molecule has 1 unspecified atom stereocenters. The molecule has 31 heteroatoms. The molecule has 402 valence electrons. The van der Waals surface area contributed by atoms with Crippen molar-refractivity contribution in [3.63, 3.8) is 0 Å². The predicted octanol–water partition coefficient (Wildman–Crippen LogP) is 3.44. The van der Waals surface area contributed by atoms with Crippen molar-refractivity contribution >= 4 is 34.3 Å². The van der Waals surface area contributed by atoms with Crippen LogP contribution in [0.5, 0.6) is 23.1 Å². The molecule has 0 saturated carbocycles. The van der Waals surface area contributed by atoms with Gasteiger partial charge in [0.25, 0.3) is 15.9 Å². The number of carbonyl (C=O) groups is 3. The van der Waals surface area contributed by atoms with Crippen LogP contribution in [-0.4, -0.2) is 183 Å². The number of aliphatic hydroxyl groups excluding tert-OH is 1. The summed E-state index contributed by atoms with van der Waals surface area (Å²) in [6, 6.07) is 13.1. The van der Waals surface area contributed by atoms with E-state index >= 15 is 8.42 Å². The average molecular weight is 1060 g/mol. The second kappa shape index (κ2) is 30.2. The van der Waals surface area contributed by atoms with Crippen LogP contribution in [0, 0.1) is 0 Å². The summed E-state index contributed by atoms with van der Waals surface area (Å²) in [6.07, 6.45) is -2.69. The lowest BCUT2D eigenvalue weighted by Gasteiger charge is -2.31. The largest absolute Gasteiger partial charge is 0.510 e. The molecule has 30 nitrogen and oxygen atoms in total. The van der Waals surface area contributed by atoms with Crippen molar-refractivity contribution in [2.24, 2.45) is 0 Å². The zero-order valence-electron chi connectivity index (χ0n) is 39.7. The summed E-state index contributed by atoms with van der Waals surface area (Å²) in [6.45, 7) is 1.01. The van der Waals surface area contributed by atoms with Gasteiger partial charge in [-0.25, -0.2) is 51.7 Å². The maximum absolute atomic E-state index is 15.2. The van der Waals surface area contributed by atoms with Gasteiger partial charge in [0, 0.05) is 17.8 Å². The molecular formula is C42H55N7O23S. The van der Waals surface area contributed by atoms with Crippen molar-refractivity contribution in [1.29, 1.82) is 0 Å². The van der Waals surface area contributed by atoms with E-state index in [0.29, 0.717) is 9.87 Å². The number of carbonyl (C=O) groups excluding carboxylic acids is 3. The first-order valence-electron chi connectivity index (χ1n) is 21.5. The van der Waals surface area contributed by atoms with E-state index in [0.717, 1.165) is 0 Å². The van der Waals surface area contributed by atoms with Crippen LogP contribution < -0.4 is 18.5 Å². The normalized spacial score (nSPS) is 11.9. The maximum Gasteiger partial charge on any atom is 0.510 e. The maximum atomic E-state index is 15.2. The van der Waals surface area contributed by atoms with Gasteiger partial charge in [-0.15, -0.1) is 0 Å². The van der Waals surface area contributed by atoms with Gasteiger partial charge >= 0.3 is 18.5 Å². The third-order valence-corrected chi connectivity index (χ3v) is 10.9. The zero-order chi connectivity index (χ0) is 53.2. The quantitative estimate of drug-likeness (QED) is 0.0154. The molecule has 73 heavy (non-hydrogen) atoms. The van der Waals surface area contributed by atoms with E-state index in [-0.39, 0.29) is 82.6 Å². The Morgan fingerprint density at radius 1 is 0.658 bits per heavy atom. The Morgan fingerprint density at radius 2 is 1.21 bits per heavy atom. The van der Waals surface area contributed by atoms with E-state index in [1.807, 2.05) is 0 Å². The second-order valence-electron chi connectivity index (χ2n) is 14.7. The van der Waals surface area contributed by atoms with E-state index in [1.165, 1.54) is 68.9 Å². The molecule has 0 bridgehead atoms. The van der Waals surface area contributed by atoms with Crippen molar-refractivity contribution in [1.82, 2.24) is 30.7 Å². The summed E-state index contributed by atoms with van der Waals surface area (Å²) < 4.78 is 90.1. The van der Waals surface area contributed by atoms with Gasteiger partial charge in [-0.05, 0) is 42.8 Å². The molecule has 2 heterocycles. The highest BCUT2D eigenvalue weighted by Gasteiger charge is 2.39.